The van der Waals surface area contributed by atoms with Gasteiger partial charge in [0.15, 0.2) is 0 Å². The molecule has 0 aromatic heterocycles. The summed E-state index contributed by atoms with van der Waals surface area (Å²) >= 11 is 0. The van der Waals surface area contributed by atoms with E-state index in [1.807, 2.05) is 13.8 Å². The van der Waals surface area contributed by atoms with E-state index in [1.165, 1.54) is 12.8 Å². The molecule has 0 spiro atoms. The van der Waals surface area contributed by atoms with Crippen molar-refractivity contribution in [1.29, 1.82) is 0 Å². The molecule has 1 fully saturated rings. The van der Waals surface area contributed by atoms with Gasteiger partial charge in [-0.2, -0.15) is 0 Å². The number of carbonyl (C=O) groups is 1. The second-order valence-electron chi connectivity index (χ2n) is 5.69. The molecule has 3 N–H and O–H groups in total. The zero-order valence-electron chi connectivity index (χ0n) is 11.6. The van der Waals surface area contributed by atoms with Crippen LogP contribution in [0.4, 0.5) is 0 Å². The van der Waals surface area contributed by atoms with E-state index in [2.05, 4.69) is 24.1 Å². The summed E-state index contributed by atoms with van der Waals surface area (Å²) in [5, 5.41) is 3.22. The molecule has 1 rings (SSSR count). The Morgan fingerprint density at radius 1 is 1.53 bits per heavy atom. The van der Waals surface area contributed by atoms with Crippen molar-refractivity contribution in [2.24, 2.45) is 11.7 Å². The molecular formula is C13H27N3O. The maximum Gasteiger partial charge on any atom is 0.238 e. The molecule has 0 aliphatic heterocycles. The van der Waals surface area contributed by atoms with Crippen molar-refractivity contribution in [3.8, 4) is 0 Å². The van der Waals surface area contributed by atoms with E-state index >= 15 is 0 Å². The molecule has 1 atom stereocenters. The van der Waals surface area contributed by atoms with Gasteiger partial charge in [0.25, 0.3) is 0 Å². The van der Waals surface area contributed by atoms with Crippen LogP contribution >= 0.6 is 0 Å². The van der Waals surface area contributed by atoms with Crippen LogP contribution in [0.5, 0.6) is 0 Å². The van der Waals surface area contributed by atoms with Gasteiger partial charge in [0.2, 0.25) is 5.91 Å². The molecule has 100 valence electrons. The van der Waals surface area contributed by atoms with Crippen LogP contribution in [0.15, 0.2) is 0 Å². The van der Waals surface area contributed by atoms with E-state index in [-0.39, 0.29) is 5.91 Å². The van der Waals surface area contributed by atoms with Gasteiger partial charge in [-0.25, -0.2) is 0 Å². The van der Waals surface area contributed by atoms with Crippen molar-refractivity contribution in [1.82, 2.24) is 10.2 Å². The van der Waals surface area contributed by atoms with Crippen molar-refractivity contribution in [2.45, 2.75) is 52.1 Å². The average Bonchev–Trinajstić information content (AvgIpc) is 3.00. The lowest BCUT2D eigenvalue weighted by molar-refractivity contribution is -0.124. The second-order valence-corrected chi connectivity index (χ2v) is 5.69. The normalized spacial score (nSPS) is 19.6. The third-order valence-electron chi connectivity index (χ3n) is 3.55. The predicted octanol–water partition coefficient (Wildman–Crippen LogP) is 0.960. The van der Waals surface area contributed by atoms with Crippen LogP contribution in [0, 0.1) is 5.92 Å². The maximum atomic E-state index is 11.6. The summed E-state index contributed by atoms with van der Waals surface area (Å²) < 4.78 is 0. The van der Waals surface area contributed by atoms with Crippen molar-refractivity contribution in [3.05, 3.63) is 0 Å². The Balaban J connectivity index is 2.63. The Hall–Kier alpha value is -0.610. The third kappa shape index (κ3) is 4.28. The lowest BCUT2D eigenvalue weighted by atomic mass is 9.99. The van der Waals surface area contributed by atoms with E-state index in [4.69, 9.17) is 5.73 Å². The second kappa shape index (κ2) is 5.83. The Kier molecular flexibility index (Phi) is 4.95. The SMILES string of the molecule is CCNC(C)(CN(CC1CC1)C(C)C)C(N)=O. The number of hydrogen-bond acceptors (Lipinski definition) is 3. The fourth-order valence-corrected chi connectivity index (χ4v) is 2.11. The van der Waals surface area contributed by atoms with E-state index in [1.54, 1.807) is 0 Å². The van der Waals surface area contributed by atoms with Gasteiger partial charge in [-0.05, 0) is 46.1 Å². The van der Waals surface area contributed by atoms with Gasteiger partial charge in [-0.1, -0.05) is 6.92 Å². The van der Waals surface area contributed by atoms with Crippen LogP contribution in [0.2, 0.25) is 0 Å². The number of rotatable bonds is 8. The van der Waals surface area contributed by atoms with Crippen LogP contribution in [-0.4, -0.2) is 42.0 Å². The topological polar surface area (TPSA) is 58.4 Å². The average molecular weight is 241 g/mol. The summed E-state index contributed by atoms with van der Waals surface area (Å²) in [6.07, 6.45) is 2.66. The van der Waals surface area contributed by atoms with E-state index in [0.29, 0.717) is 12.6 Å². The molecule has 0 radical (unpaired) electrons. The number of primary amides is 1. The molecule has 0 saturated heterocycles. The number of likely N-dealkylation sites (N-methyl/N-ethyl adjacent to an activating group) is 1. The summed E-state index contributed by atoms with van der Waals surface area (Å²) in [5.41, 5.74) is 4.91. The molecule has 4 heteroatoms. The van der Waals surface area contributed by atoms with Gasteiger partial charge in [0.05, 0.1) is 0 Å². The number of hydrogen-bond donors (Lipinski definition) is 2. The van der Waals surface area contributed by atoms with Crippen molar-refractivity contribution >= 4 is 5.91 Å². The monoisotopic (exact) mass is 241 g/mol. The largest absolute Gasteiger partial charge is 0.368 e. The highest BCUT2D eigenvalue weighted by molar-refractivity contribution is 5.84. The smallest absolute Gasteiger partial charge is 0.238 e. The Bertz CT molecular complexity index is 263. The number of nitrogens with zero attached hydrogens (tertiary/aromatic N) is 1. The number of nitrogens with two attached hydrogens (primary N) is 1. The molecule has 1 amide bonds. The first-order valence-corrected chi connectivity index (χ1v) is 6.68. The van der Waals surface area contributed by atoms with E-state index in [0.717, 1.165) is 19.0 Å². The minimum absolute atomic E-state index is 0.263. The summed E-state index contributed by atoms with van der Waals surface area (Å²) in [6, 6.07) is 0.452. The third-order valence-corrected chi connectivity index (χ3v) is 3.55. The Morgan fingerprint density at radius 2 is 2.12 bits per heavy atom. The molecule has 1 aliphatic rings. The first kappa shape index (κ1) is 14.5. The molecule has 4 nitrogen and oxygen atoms in total. The number of carbonyl (C=O) groups excluding carboxylic acids is 1. The van der Waals surface area contributed by atoms with Crippen LogP contribution in [-0.2, 0) is 4.79 Å². The predicted molar refractivity (Wildman–Crippen MR) is 70.7 cm³/mol. The fourth-order valence-electron chi connectivity index (χ4n) is 2.11. The summed E-state index contributed by atoms with van der Waals surface area (Å²) in [5.74, 6) is 0.567. The lowest BCUT2D eigenvalue weighted by Crippen LogP contribution is -2.60. The maximum absolute atomic E-state index is 11.6. The van der Waals surface area contributed by atoms with Gasteiger partial charge in [-0.15, -0.1) is 0 Å². The quantitative estimate of drug-likeness (QED) is 0.665. The van der Waals surface area contributed by atoms with Crippen LogP contribution in [0.25, 0.3) is 0 Å². The highest BCUT2D eigenvalue weighted by Gasteiger charge is 2.35. The van der Waals surface area contributed by atoms with Crippen molar-refractivity contribution in [3.63, 3.8) is 0 Å². The van der Waals surface area contributed by atoms with Crippen molar-refractivity contribution < 1.29 is 4.79 Å². The number of amides is 1. The molecule has 0 heterocycles. The fraction of sp³-hybridized carbons (Fsp3) is 0.923. The van der Waals surface area contributed by atoms with Crippen molar-refractivity contribution in [2.75, 3.05) is 19.6 Å². The Morgan fingerprint density at radius 3 is 2.47 bits per heavy atom. The zero-order chi connectivity index (χ0) is 13.1. The standard InChI is InChI=1S/C13H27N3O/c1-5-15-13(4,12(14)17)9-16(10(2)3)8-11-6-7-11/h10-11,15H,5-9H2,1-4H3,(H2,14,17). The molecule has 1 aliphatic carbocycles. The van der Waals surface area contributed by atoms with Gasteiger partial charge in [0.1, 0.15) is 5.54 Å². The van der Waals surface area contributed by atoms with Crippen LogP contribution in [0.3, 0.4) is 0 Å². The molecular weight excluding hydrogens is 214 g/mol. The summed E-state index contributed by atoms with van der Waals surface area (Å²) in [7, 11) is 0. The highest BCUT2D eigenvalue weighted by atomic mass is 16.1. The van der Waals surface area contributed by atoms with Gasteiger partial charge < -0.3 is 11.1 Å². The van der Waals surface area contributed by atoms with Gasteiger partial charge in [-0.3, -0.25) is 9.69 Å². The number of nitrogens with one attached hydrogen (secondary N) is 1. The van der Waals surface area contributed by atoms with Gasteiger partial charge >= 0.3 is 0 Å². The highest BCUT2D eigenvalue weighted by Crippen LogP contribution is 2.30. The molecule has 1 unspecified atom stereocenters. The minimum Gasteiger partial charge on any atom is -0.368 e. The minimum atomic E-state index is -0.617. The van der Waals surface area contributed by atoms with Crippen LogP contribution < -0.4 is 11.1 Å². The van der Waals surface area contributed by atoms with Crippen LogP contribution in [0.1, 0.15) is 40.5 Å². The van der Waals surface area contributed by atoms with Gasteiger partial charge in [0, 0.05) is 19.1 Å². The zero-order valence-corrected chi connectivity index (χ0v) is 11.6. The Labute approximate surface area is 105 Å². The summed E-state index contributed by atoms with van der Waals surface area (Å²) in [4.78, 5) is 14.0. The molecule has 0 bridgehead atoms. The first-order chi connectivity index (χ1) is 7.89. The molecule has 17 heavy (non-hydrogen) atoms. The van der Waals surface area contributed by atoms with E-state index in [9.17, 15) is 4.79 Å². The van der Waals surface area contributed by atoms with E-state index < -0.39 is 5.54 Å². The molecule has 0 aromatic rings. The first-order valence-electron chi connectivity index (χ1n) is 6.68. The molecule has 0 aromatic carbocycles. The lowest BCUT2D eigenvalue weighted by Gasteiger charge is -2.36. The summed E-state index contributed by atoms with van der Waals surface area (Å²) in [6.45, 7) is 10.8. The molecule has 1 saturated carbocycles.